The molecule has 1 heterocycles. The molecule has 1 atom stereocenters. The van der Waals surface area contributed by atoms with Crippen LogP contribution < -0.4 is 18.9 Å². The summed E-state index contributed by atoms with van der Waals surface area (Å²) in [5, 5.41) is 19.9. The Kier molecular flexibility index (Phi) is 7.99. The molecule has 0 aliphatic heterocycles. The number of hydrogen-bond acceptors (Lipinski definition) is 9. The highest BCUT2D eigenvalue weighted by Crippen LogP contribution is 2.44. The van der Waals surface area contributed by atoms with Gasteiger partial charge in [-0.25, -0.2) is 0 Å². The number of nitrogens with zero attached hydrogens (tertiary/aromatic N) is 4. The van der Waals surface area contributed by atoms with Crippen molar-refractivity contribution in [1.82, 2.24) is 14.8 Å². The maximum atomic E-state index is 11.5. The first-order valence-electron chi connectivity index (χ1n) is 10.1. The van der Waals surface area contributed by atoms with E-state index in [0.29, 0.717) is 40.4 Å². The van der Waals surface area contributed by atoms with Crippen molar-refractivity contribution < 1.29 is 23.9 Å². The molecule has 0 unspecified atom stereocenters. The zero-order valence-electron chi connectivity index (χ0n) is 19.1. The largest absolute Gasteiger partial charge is 0.494 e. The van der Waals surface area contributed by atoms with Crippen LogP contribution >= 0.6 is 11.8 Å². The van der Waals surface area contributed by atoms with Gasteiger partial charge in [0.25, 0.3) is 0 Å². The van der Waals surface area contributed by atoms with E-state index in [1.165, 1.54) is 33.1 Å². The van der Waals surface area contributed by atoms with Crippen molar-refractivity contribution in [2.45, 2.75) is 24.3 Å². The standard InChI is InChI=1S/C22H26N4O6S/c1-6-32-17-9-7-16(8-10-17)26-14(2)23-24-22(26)33-20(13-25(27)28)15-11-18(29-3)21(31-5)19(12-15)30-4/h7-12,20H,6,13H2,1-5H3/t20-/m1/s1. The quantitative estimate of drug-likeness (QED) is 0.230. The first-order valence-corrected chi connectivity index (χ1v) is 11.0. The molecule has 0 N–H and O–H groups in total. The van der Waals surface area contributed by atoms with Crippen molar-refractivity contribution in [1.29, 1.82) is 0 Å². The highest BCUT2D eigenvalue weighted by atomic mass is 32.2. The molecule has 0 saturated carbocycles. The van der Waals surface area contributed by atoms with Crippen molar-refractivity contribution in [2.75, 3.05) is 34.5 Å². The molecule has 0 spiro atoms. The minimum Gasteiger partial charge on any atom is -0.494 e. The Morgan fingerprint density at radius 3 is 2.21 bits per heavy atom. The summed E-state index contributed by atoms with van der Waals surface area (Å²) in [7, 11) is 4.51. The molecule has 3 aromatic rings. The van der Waals surface area contributed by atoms with Crippen molar-refractivity contribution in [3.8, 4) is 28.7 Å². The summed E-state index contributed by atoms with van der Waals surface area (Å²) in [4.78, 5) is 11.2. The Bertz CT molecular complexity index is 1080. The smallest absolute Gasteiger partial charge is 0.220 e. The average Bonchev–Trinajstić information content (AvgIpc) is 3.17. The molecule has 0 bridgehead atoms. The Morgan fingerprint density at radius 1 is 1.06 bits per heavy atom. The number of thioether (sulfide) groups is 1. The average molecular weight is 475 g/mol. The summed E-state index contributed by atoms with van der Waals surface area (Å²) in [5.74, 6) is 2.67. The third kappa shape index (κ3) is 5.48. The van der Waals surface area contributed by atoms with Crippen molar-refractivity contribution >= 4 is 11.8 Å². The van der Waals surface area contributed by atoms with E-state index in [9.17, 15) is 10.1 Å². The summed E-state index contributed by atoms with van der Waals surface area (Å²) < 4.78 is 23.6. The molecule has 2 aromatic carbocycles. The minimum absolute atomic E-state index is 0.335. The molecule has 0 aliphatic carbocycles. The molecule has 10 nitrogen and oxygen atoms in total. The fourth-order valence-electron chi connectivity index (χ4n) is 3.34. The summed E-state index contributed by atoms with van der Waals surface area (Å²) >= 11 is 1.24. The Labute approximate surface area is 196 Å². The SMILES string of the molecule is CCOc1ccc(-n2c(C)nnc2S[C@H](C[N+](=O)[O-])c2cc(OC)c(OC)c(OC)c2)cc1. The lowest BCUT2D eigenvalue weighted by molar-refractivity contribution is -0.479. The third-order valence-corrected chi connectivity index (χ3v) is 6.00. The van der Waals surface area contributed by atoms with Gasteiger partial charge >= 0.3 is 0 Å². The van der Waals surface area contributed by atoms with Crippen molar-refractivity contribution in [3.63, 3.8) is 0 Å². The predicted molar refractivity (Wildman–Crippen MR) is 124 cm³/mol. The summed E-state index contributed by atoms with van der Waals surface area (Å²) in [6, 6.07) is 10.9. The molecule has 11 heteroatoms. The van der Waals surface area contributed by atoms with Crippen LogP contribution in [0.5, 0.6) is 23.0 Å². The van der Waals surface area contributed by atoms with Gasteiger partial charge in [-0.05, 0) is 55.8 Å². The molecule has 0 saturated heterocycles. The molecule has 0 radical (unpaired) electrons. The van der Waals surface area contributed by atoms with E-state index in [0.717, 1.165) is 11.4 Å². The monoisotopic (exact) mass is 474 g/mol. The highest BCUT2D eigenvalue weighted by molar-refractivity contribution is 7.99. The normalized spacial score (nSPS) is 11.7. The van der Waals surface area contributed by atoms with Gasteiger partial charge in [0.05, 0.1) is 27.9 Å². The molecule has 3 rings (SSSR count). The van der Waals surface area contributed by atoms with Crippen LogP contribution in [0.3, 0.4) is 0 Å². The van der Waals surface area contributed by atoms with Crippen LogP contribution in [0.2, 0.25) is 0 Å². The van der Waals surface area contributed by atoms with Crippen LogP contribution in [-0.4, -0.2) is 54.2 Å². The van der Waals surface area contributed by atoms with Gasteiger partial charge in [-0.3, -0.25) is 14.7 Å². The highest BCUT2D eigenvalue weighted by Gasteiger charge is 2.26. The van der Waals surface area contributed by atoms with E-state index >= 15 is 0 Å². The Hall–Kier alpha value is -3.47. The summed E-state index contributed by atoms with van der Waals surface area (Å²) in [5.41, 5.74) is 1.47. The predicted octanol–water partition coefficient (Wildman–Crippen LogP) is 4.11. The van der Waals surface area contributed by atoms with Gasteiger partial charge in [0, 0.05) is 10.6 Å². The van der Waals surface area contributed by atoms with Gasteiger partial charge in [0.15, 0.2) is 16.7 Å². The lowest BCUT2D eigenvalue weighted by Crippen LogP contribution is -2.12. The van der Waals surface area contributed by atoms with Gasteiger partial charge in [-0.2, -0.15) is 0 Å². The zero-order chi connectivity index (χ0) is 24.0. The summed E-state index contributed by atoms with van der Waals surface area (Å²) in [6.07, 6.45) is 0. The number of aromatic nitrogens is 3. The van der Waals surface area contributed by atoms with E-state index < -0.39 is 5.25 Å². The summed E-state index contributed by atoms with van der Waals surface area (Å²) in [6.45, 7) is 3.99. The first kappa shape index (κ1) is 24.2. The van der Waals surface area contributed by atoms with Gasteiger partial charge in [-0.1, -0.05) is 11.8 Å². The van der Waals surface area contributed by atoms with Crippen LogP contribution in [0.4, 0.5) is 0 Å². The zero-order valence-corrected chi connectivity index (χ0v) is 19.9. The fourth-order valence-corrected chi connectivity index (χ4v) is 4.49. The van der Waals surface area contributed by atoms with Crippen molar-refractivity contribution in [3.05, 3.63) is 57.9 Å². The van der Waals surface area contributed by atoms with E-state index in [2.05, 4.69) is 10.2 Å². The second-order valence-electron chi connectivity index (χ2n) is 6.87. The topological polar surface area (TPSA) is 111 Å². The molecule has 0 fully saturated rings. The third-order valence-electron chi connectivity index (χ3n) is 4.82. The van der Waals surface area contributed by atoms with E-state index in [-0.39, 0.29) is 11.5 Å². The molecule has 0 amide bonds. The maximum absolute atomic E-state index is 11.5. The molecular weight excluding hydrogens is 448 g/mol. The van der Waals surface area contributed by atoms with Crippen LogP contribution in [0, 0.1) is 17.0 Å². The van der Waals surface area contributed by atoms with Gasteiger partial charge in [0.2, 0.25) is 12.3 Å². The second kappa shape index (κ2) is 10.9. The number of ether oxygens (including phenoxy) is 4. The molecule has 0 aliphatic rings. The Morgan fingerprint density at radius 2 is 1.70 bits per heavy atom. The number of methoxy groups -OCH3 is 3. The number of rotatable bonds is 11. The fraction of sp³-hybridized carbons (Fsp3) is 0.364. The van der Waals surface area contributed by atoms with Gasteiger partial charge in [-0.15, -0.1) is 10.2 Å². The first-order chi connectivity index (χ1) is 15.9. The Balaban J connectivity index is 2.01. The van der Waals surface area contributed by atoms with Crippen LogP contribution in [-0.2, 0) is 0 Å². The molecule has 1 aromatic heterocycles. The van der Waals surface area contributed by atoms with Crippen LogP contribution in [0.1, 0.15) is 23.6 Å². The molecular formula is C22H26N4O6S. The number of hydrogen-bond donors (Lipinski definition) is 0. The second-order valence-corrected chi connectivity index (χ2v) is 8.04. The number of aryl methyl sites for hydroxylation is 1. The number of benzene rings is 2. The van der Waals surface area contributed by atoms with Crippen LogP contribution in [0.25, 0.3) is 5.69 Å². The molecule has 33 heavy (non-hydrogen) atoms. The lowest BCUT2D eigenvalue weighted by atomic mass is 10.1. The van der Waals surface area contributed by atoms with E-state index in [1.54, 1.807) is 12.1 Å². The van der Waals surface area contributed by atoms with E-state index in [1.807, 2.05) is 42.7 Å². The maximum Gasteiger partial charge on any atom is 0.220 e. The minimum atomic E-state index is -0.584. The van der Waals surface area contributed by atoms with Crippen molar-refractivity contribution in [2.24, 2.45) is 0 Å². The number of nitro groups is 1. The van der Waals surface area contributed by atoms with Gasteiger partial charge in [0.1, 0.15) is 16.8 Å². The van der Waals surface area contributed by atoms with Gasteiger partial charge < -0.3 is 18.9 Å². The molecule has 176 valence electrons. The van der Waals surface area contributed by atoms with Crippen LogP contribution in [0.15, 0.2) is 41.6 Å². The van der Waals surface area contributed by atoms with E-state index in [4.69, 9.17) is 18.9 Å². The lowest BCUT2D eigenvalue weighted by Gasteiger charge is -2.18.